The molecule has 354 valence electrons. The molecule has 12 rings (SSSR count). The van der Waals surface area contributed by atoms with E-state index in [0.29, 0.717) is 11.3 Å². The standard InChI is InChI=1S/C25H25.C18H25.2C10H13.CH2.2ClH.Zr/c1-14-12-24(3,4)22-8-16-7-17-9-23-19(15(2)13-25(23,5)6)11-21(17)20(16)10-18(14)22;1-12-3-13(2)17(4-12)11-18-8-14-5-15(9-18)7-16(6-14)10-18;2*1-10(2,3)9-7-5-4-6-8-9;;;;/h8-12H,7H2,1-6H3;4,12,14-16H,5-11H2,1-2H3;2*5-8H,1-3H3;1H2;2*1H;. The van der Waals surface area contributed by atoms with Crippen LogP contribution in [0.25, 0.3) is 22.3 Å². The van der Waals surface area contributed by atoms with Crippen LogP contribution >= 0.6 is 24.8 Å². The first-order chi connectivity index (χ1) is 30.3. The van der Waals surface area contributed by atoms with E-state index in [-0.39, 0.29) is 46.5 Å². The molecule has 8 aliphatic rings. The normalized spacial score (nSPS) is 26.4. The van der Waals surface area contributed by atoms with Crippen LogP contribution in [-0.2, 0) is 46.4 Å². The quantitative estimate of drug-likeness (QED) is 0.159. The summed E-state index contributed by atoms with van der Waals surface area (Å²) in [6, 6.07) is 30.7. The molecule has 0 radical (unpaired) electrons. The van der Waals surface area contributed by atoms with Gasteiger partial charge in [-0.05, 0) is 0 Å². The molecule has 4 fully saturated rings. The summed E-state index contributed by atoms with van der Waals surface area (Å²) in [5.74, 6) is 3.18. The van der Waals surface area contributed by atoms with Gasteiger partial charge in [0.1, 0.15) is 0 Å². The van der Waals surface area contributed by atoms with Crippen LogP contribution in [0.15, 0.2) is 103 Å². The van der Waals surface area contributed by atoms with Gasteiger partial charge in [-0.1, -0.05) is 0 Å². The first kappa shape index (κ1) is 49.2. The van der Waals surface area contributed by atoms with Crippen molar-refractivity contribution >= 4 is 46.7 Å². The van der Waals surface area contributed by atoms with E-state index in [9.17, 15) is 0 Å². The minimum atomic E-state index is -5.26. The number of benzene rings is 4. The summed E-state index contributed by atoms with van der Waals surface area (Å²) in [6.45, 7) is 34.1. The van der Waals surface area contributed by atoms with Crippen molar-refractivity contribution in [3.8, 4) is 11.1 Å². The van der Waals surface area contributed by atoms with Crippen LogP contribution in [0.4, 0.5) is 0 Å². The van der Waals surface area contributed by atoms with Crippen molar-refractivity contribution in [2.24, 2.45) is 29.1 Å². The summed E-state index contributed by atoms with van der Waals surface area (Å²) in [4.78, 5) is 0. The van der Waals surface area contributed by atoms with Crippen molar-refractivity contribution in [1.82, 2.24) is 0 Å². The second-order valence-corrected chi connectivity index (χ2v) is 39.2. The van der Waals surface area contributed by atoms with Gasteiger partial charge in [-0.15, -0.1) is 24.8 Å². The second kappa shape index (κ2) is 15.6. The summed E-state index contributed by atoms with van der Waals surface area (Å²) >= 11 is -5.26. The minimum absolute atomic E-state index is 0. The molecule has 67 heavy (non-hydrogen) atoms. The van der Waals surface area contributed by atoms with E-state index >= 15 is 0 Å². The van der Waals surface area contributed by atoms with Crippen LogP contribution in [0.3, 0.4) is 0 Å². The molecular formula is C64H80Cl2Zr. The Morgan fingerprint density at radius 2 is 1.07 bits per heavy atom. The number of fused-ring (bicyclic) bond motifs is 5. The van der Waals surface area contributed by atoms with Gasteiger partial charge >= 0.3 is 398 Å². The van der Waals surface area contributed by atoms with Gasteiger partial charge in [-0.3, -0.25) is 0 Å². The maximum absolute atomic E-state index is 6.21. The van der Waals surface area contributed by atoms with Crippen molar-refractivity contribution in [3.63, 3.8) is 0 Å². The molecule has 0 saturated heterocycles. The Morgan fingerprint density at radius 3 is 1.55 bits per heavy atom. The number of hydrogen-bond acceptors (Lipinski definition) is 0. The summed E-state index contributed by atoms with van der Waals surface area (Å²) in [7, 11) is 0. The zero-order valence-corrected chi connectivity index (χ0v) is 47.7. The van der Waals surface area contributed by atoms with Gasteiger partial charge < -0.3 is 0 Å². The van der Waals surface area contributed by atoms with Gasteiger partial charge in [-0.25, -0.2) is 0 Å². The summed E-state index contributed by atoms with van der Waals surface area (Å²) < 4.78 is 12.6. The third-order valence-electron chi connectivity index (χ3n) is 19.4. The van der Waals surface area contributed by atoms with E-state index in [1.165, 1.54) is 118 Å². The Labute approximate surface area is 419 Å². The van der Waals surface area contributed by atoms with E-state index in [1.807, 2.05) is 0 Å². The van der Waals surface area contributed by atoms with Crippen LogP contribution in [0.1, 0.15) is 186 Å². The fourth-order valence-corrected chi connectivity index (χ4v) is 37.2. The van der Waals surface area contributed by atoms with Crippen molar-refractivity contribution in [1.29, 1.82) is 0 Å². The molecular weight excluding hydrogens is 931 g/mol. The molecule has 0 aromatic heterocycles. The molecule has 1 atom stereocenters. The molecule has 0 spiro atoms. The predicted molar refractivity (Wildman–Crippen MR) is 293 cm³/mol. The van der Waals surface area contributed by atoms with E-state index < -0.39 is 18.3 Å². The average Bonchev–Trinajstić information content (AvgIpc) is 3.85. The van der Waals surface area contributed by atoms with Gasteiger partial charge in [0.2, 0.25) is 0 Å². The van der Waals surface area contributed by atoms with Gasteiger partial charge in [0.15, 0.2) is 0 Å². The van der Waals surface area contributed by atoms with Gasteiger partial charge in [0.25, 0.3) is 0 Å². The molecule has 4 aromatic rings. The molecule has 4 bridgehead atoms. The van der Waals surface area contributed by atoms with Gasteiger partial charge in [0.05, 0.1) is 0 Å². The first-order valence-electron chi connectivity index (χ1n) is 25.8. The van der Waals surface area contributed by atoms with E-state index in [0.717, 1.165) is 24.2 Å². The topological polar surface area (TPSA) is 0 Å². The van der Waals surface area contributed by atoms with Crippen molar-refractivity contribution in [2.45, 2.75) is 170 Å². The Hall–Kier alpha value is -2.83. The predicted octanol–water partition coefficient (Wildman–Crippen LogP) is 16.6. The van der Waals surface area contributed by atoms with Crippen LogP contribution in [0.5, 0.6) is 0 Å². The molecule has 0 N–H and O–H groups in total. The van der Waals surface area contributed by atoms with Crippen LogP contribution in [0.2, 0.25) is 0 Å². The molecule has 4 aromatic carbocycles. The Bertz CT molecular complexity index is 2840. The molecule has 0 heterocycles. The number of halogens is 2. The molecule has 4 saturated carbocycles. The summed E-state index contributed by atoms with van der Waals surface area (Å²) in [5, 5.41) is 0. The third-order valence-corrected chi connectivity index (χ3v) is 37.4. The van der Waals surface area contributed by atoms with E-state index in [1.54, 1.807) is 17.7 Å². The molecule has 0 amide bonds. The van der Waals surface area contributed by atoms with E-state index in [4.69, 9.17) is 4.21 Å². The zero-order chi connectivity index (χ0) is 46.2. The Morgan fingerprint density at radius 1 is 0.612 bits per heavy atom. The molecule has 0 nitrogen and oxygen atoms in total. The second-order valence-electron chi connectivity index (χ2n) is 26.7. The average molecular weight is 1010 g/mol. The Kier molecular flexibility index (Phi) is 11.4. The third kappa shape index (κ3) is 6.97. The summed E-state index contributed by atoms with van der Waals surface area (Å²) in [5.41, 5.74) is 21.2. The van der Waals surface area contributed by atoms with Crippen molar-refractivity contribution < 1.29 is 18.3 Å². The van der Waals surface area contributed by atoms with E-state index in [2.05, 4.69) is 182 Å². The number of allylic oxidation sites excluding steroid dienone is 8. The fraction of sp³-hybridized carbons (Fsp3) is 0.484. The number of rotatable bonds is 6. The maximum atomic E-state index is 6.21. The first-order valence-corrected chi connectivity index (χ1v) is 32.4. The SMILES string of the molecule is Cl.Cl.[CH2]=[Zr]([C]1=C(C)C(CC23CC4CC(CC(C4)C2)C3)=CC1C)([C]1=C(C)c2cc3c(cc2C1(C)C)Cc1cc2c(cc1-3)C(C)=CC2(C)C)([c]1ccc(C(C)(C)C)cc1)[c]1ccc(C(C)(C)C)cc1. The number of hydrogen-bond donors (Lipinski definition) is 0. The zero-order valence-electron chi connectivity index (χ0n) is 43.6. The molecule has 1 unspecified atom stereocenters. The Balaban J connectivity index is 0.00000281. The van der Waals surface area contributed by atoms with Crippen LogP contribution in [0, 0.1) is 29.1 Å². The molecule has 8 aliphatic carbocycles. The monoisotopic (exact) mass is 1010 g/mol. The fourth-order valence-electron chi connectivity index (χ4n) is 17.1. The van der Waals surface area contributed by atoms with Gasteiger partial charge in [-0.2, -0.15) is 0 Å². The van der Waals surface area contributed by atoms with Gasteiger partial charge in [0, 0.05) is 0 Å². The van der Waals surface area contributed by atoms with Crippen LogP contribution in [-0.4, -0.2) is 4.21 Å². The molecule has 0 aliphatic heterocycles. The van der Waals surface area contributed by atoms with Crippen molar-refractivity contribution in [3.05, 3.63) is 147 Å². The summed E-state index contributed by atoms with van der Waals surface area (Å²) in [6.07, 6.45) is 16.4. The van der Waals surface area contributed by atoms with Crippen LogP contribution < -0.4 is 6.54 Å². The molecule has 3 heteroatoms. The van der Waals surface area contributed by atoms with Crippen molar-refractivity contribution in [2.75, 3.05) is 0 Å².